The Morgan fingerprint density at radius 2 is 1.63 bits per heavy atom. The molecule has 0 aliphatic rings. The summed E-state index contributed by atoms with van der Waals surface area (Å²) in [6, 6.07) is 14.2. The number of rotatable bonds is 13. The Kier molecular flexibility index (Phi) is 10.4. The smallest absolute Gasteiger partial charge is 0.337 e. The van der Waals surface area contributed by atoms with Crippen molar-refractivity contribution in [3.05, 3.63) is 76.6 Å². The molecule has 0 saturated heterocycles. The number of aryl methyl sites for hydroxylation is 4. The fourth-order valence-electron chi connectivity index (χ4n) is 4.15. The Labute approximate surface area is 229 Å². The van der Waals surface area contributed by atoms with Gasteiger partial charge in [-0.05, 0) is 61.5 Å². The summed E-state index contributed by atoms with van der Waals surface area (Å²) < 4.78 is 13.7. The number of methoxy groups -OCH3 is 1. The third kappa shape index (κ3) is 8.08. The lowest BCUT2D eigenvalue weighted by molar-refractivity contribution is 0.0600. The Morgan fingerprint density at radius 1 is 0.947 bits per heavy atom. The summed E-state index contributed by atoms with van der Waals surface area (Å²) >= 11 is 0. The zero-order valence-corrected chi connectivity index (χ0v) is 25.2. The first-order valence-electron chi connectivity index (χ1n) is 13.7. The van der Waals surface area contributed by atoms with Crippen LogP contribution in [0, 0.1) is 0 Å². The number of hydrogen-bond acceptors (Lipinski definition) is 6. The second kappa shape index (κ2) is 13.3. The van der Waals surface area contributed by atoms with Gasteiger partial charge in [0, 0.05) is 25.1 Å². The highest BCUT2D eigenvalue weighted by atomic mass is 28.4. The van der Waals surface area contributed by atoms with Gasteiger partial charge in [0.1, 0.15) is 11.6 Å². The molecule has 7 nitrogen and oxygen atoms in total. The Hall–Kier alpha value is -2.84. The molecule has 8 heteroatoms. The van der Waals surface area contributed by atoms with E-state index in [0.717, 1.165) is 68.1 Å². The quantitative estimate of drug-likeness (QED) is 0.187. The van der Waals surface area contributed by atoms with Crippen LogP contribution in [0.15, 0.2) is 42.5 Å². The summed E-state index contributed by atoms with van der Waals surface area (Å²) in [5.74, 6) is 1.69. The summed E-state index contributed by atoms with van der Waals surface area (Å²) in [7, 11) is -0.535. The molecule has 3 aromatic rings. The van der Waals surface area contributed by atoms with E-state index in [-0.39, 0.29) is 11.0 Å². The fourth-order valence-corrected chi connectivity index (χ4v) is 5.09. The van der Waals surface area contributed by atoms with Crippen molar-refractivity contribution in [2.24, 2.45) is 0 Å². The Balaban J connectivity index is 1.66. The van der Waals surface area contributed by atoms with E-state index in [9.17, 15) is 4.79 Å². The number of hydrogen-bond donors (Lipinski definition) is 0. The van der Waals surface area contributed by atoms with Gasteiger partial charge in [0.25, 0.3) is 0 Å². The van der Waals surface area contributed by atoms with E-state index in [1.807, 2.05) is 6.07 Å². The summed E-state index contributed by atoms with van der Waals surface area (Å²) in [5.41, 5.74) is 3.51. The molecule has 0 aliphatic carbocycles. The second-order valence-electron chi connectivity index (χ2n) is 11.4. The van der Waals surface area contributed by atoms with Gasteiger partial charge in [0.05, 0.1) is 25.0 Å². The molecule has 0 aliphatic heterocycles. The summed E-state index contributed by atoms with van der Waals surface area (Å²) in [6.45, 7) is 14.5. The molecule has 0 N–H and O–H groups in total. The highest BCUT2D eigenvalue weighted by Gasteiger charge is 2.37. The van der Waals surface area contributed by atoms with Gasteiger partial charge < -0.3 is 13.7 Å². The van der Waals surface area contributed by atoms with Crippen molar-refractivity contribution in [1.29, 1.82) is 0 Å². The van der Waals surface area contributed by atoms with Crippen molar-refractivity contribution in [2.45, 2.75) is 97.5 Å². The highest BCUT2D eigenvalue weighted by Crippen LogP contribution is 2.37. The number of aromatic nitrogens is 4. The maximum absolute atomic E-state index is 12.4. The molecule has 2 aromatic heterocycles. The lowest BCUT2D eigenvalue weighted by Crippen LogP contribution is -2.40. The molecule has 0 radical (unpaired) electrons. The maximum atomic E-state index is 12.4. The molecule has 0 bridgehead atoms. The summed E-state index contributed by atoms with van der Waals surface area (Å²) in [4.78, 5) is 17.2. The van der Waals surface area contributed by atoms with Crippen molar-refractivity contribution < 1.29 is 14.0 Å². The van der Waals surface area contributed by atoms with Gasteiger partial charge in [0.15, 0.2) is 8.32 Å². The molecule has 0 unspecified atom stereocenters. The molecule has 1 aromatic carbocycles. The first-order valence-corrected chi connectivity index (χ1v) is 16.6. The van der Waals surface area contributed by atoms with Gasteiger partial charge in [-0.15, -0.1) is 10.2 Å². The average molecular weight is 537 g/mol. The Morgan fingerprint density at radius 3 is 2.29 bits per heavy atom. The van der Waals surface area contributed by atoms with Crippen molar-refractivity contribution in [3.63, 3.8) is 0 Å². The average Bonchev–Trinajstić information content (AvgIpc) is 3.28. The van der Waals surface area contributed by atoms with Gasteiger partial charge in [-0.3, -0.25) is 4.98 Å². The Bertz CT molecular complexity index is 1190. The number of carbonyl (C=O) groups excluding carboxylic acids is 1. The van der Waals surface area contributed by atoms with Crippen LogP contribution >= 0.6 is 0 Å². The van der Waals surface area contributed by atoms with E-state index >= 15 is 0 Å². The number of esters is 1. The minimum absolute atomic E-state index is 0.101. The molecular formula is C30H44N4O3Si. The number of nitrogens with zero attached hydrogens (tertiary/aromatic N) is 4. The van der Waals surface area contributed by atoms with Crippen LogP contribution in [0.5, 0.6) is 0 Å². The highest BCUT2D eigenvalue weighted by molar-refractivity contribution is 6.74. The van der Waals surface area contributed by atoms with E-state index in [1.165, 1.54) is 12.7 Å². The molecular weight excluding hydrogens is 492 g/mol. The molecule has 0 fully saturated rings. The van der Waals surface area contributed by atoms with E-state index < -0.39 is 8.32 Å². The topological polar surface area (TPSA) is 79.1 Å². The van der Waals surface area contributed by atoms with Crippen LogP contribution in [0.3, 0.4) is 0 Å². The molecule has 0 saturated carbocycles. The predicted molar refractivity (Wildman–Crippen MR) is 154 cm³/mol. The maximum Gasteiger partial charge on any atom is 0.337 e. The first kappa shape index (κ1) is 29.7. The summed E-state index contributed by atoms with van der Waals surface area (Å²) in [5, 5.41) is 9.04. The largest absolute Gasteiger partial charge is 0.465 e. The number of ether oxygens (including phenoxy) is 1. The van der Waals surface area contributed by atoms with Crippen LogP contribution in [-0.4, -0.2) is 41.1 Å². The van der Waals surface area contributed by atoms with Crippen molar-refractivity contribution in [2.75, 3.05) is 7.11 Å². The van der Waals surface area contributed by atoms with Crippen LogP contribution in [0.1, 0.15) is 79.5 Å². The van der Waals surface area contributed by atoms with Crippen molar-refractivity contribution in [1.82, 2.24) is 19.7 Å². The third-order valence-corrected chi connectivity index (χ3v) is 12.0. The first-order chi connectivity index (χ1) is 18.0. The zero-order valence-electron chi connectivity index (χ0n) is 24.2. The monoisotopic (exact) mass is 536 g/mol. The van der Waals surface area contributed by atoms with Crippen LogP contribution in [-0.2, 0) is 48.0 Å². The molecule has 2 heterocycles. The van der Waals surface area contributed by atoms with Crippen LogP contribution < -0.4 is 0 Å². The van der Waals surface area contributed by atoms with E-state index in [4.69, 9.17) is 14.1 Å². The van der Waals surface area contributed by atoms with Crippen LogP contribution in [0.25, 0.3) is 0 Å². The standard InChI is InChI=1S/C30H44N4O3Si/c1-8-27-32-33-28(34(27)19-13-16-23-14-10-9-11-15-23)18-12-17-25-20-24(29(35)36-5)21-26(31-25)22-37-38(6,7)30(2,3)4/h9-11,14-15,20-21H,8,12-13,16-19,22H2,1-7H3. The molecule has 0 amide bonds. The van der Waals surface area contributed by atoms with Crippen molar-refractivity contribution >= 4 is 14.3 Å². The lowest BCUT2D eigenvalue weighted by atomic mass is 10.1. The second-order valence-corrected chi connectivity index (χ2v) is 16.2. The minimum atomic E-state index is -1.94. The molecule has 38 heavy (non-hydrogen) atoms. The van der Waals surface area contributed by atoms with Crippen LogP contribution in [0.4, 0.5) is 0 Å². The molecule has 0 atom stereocenters. The number of pyridine rings is 1. The number of carbonyl (C=O) groups is 1. The van der Waals surface area contributed by atoms with E-state index in [1.54, 1.807) is 6.07 Å². The number of benzene rings is 1. The third-order valence-electron chi connectivity index (χ3n) is 7.48. The minimum Gasteiger partial charge on any atom is -0.465 e. The fraction of sp³-hybridized carbons (Fsp3) is 0.533. The van der Waals surface area contributed by atoms with Gasteiger partial charge in [-0.1, -0.05) is 58.0 Å². The van der Waals surface area contributed by atoms with E-state index in [2.05, 4.69) is 85.9 Å². The van der Waals surface area contributed by atoms with Gasteiger partial charge in [0.2, 0.25) is 0 Å². The zero-order chi connectivity index (χ0) is 27.8. The SMILES string of the molecule is CCc1nnc(CCCc2cc(C(=O)OC)cc(CO[Si](C)(C)C(C)(C)C)n2)n1CCCc1ccccc1. The van der Waals surface area contributed by atoms with Crippen molar-refractivity contribution in [3.8, 4) is 0 Å². The normalized spacial score (nSPS) is 12.1. The molecule has 206 valence electrons. The van der Waals surface area contributed by atoms with E-state index in [0.29, 0.717) is 12.2 Å². The lowest BCUT2D eigenvalue weighted by Gasteiger charge is -2.36. The molecule has 0 spiro atoms. The van der Waals surface area contributed by atoms with Gasteiger partial charge in [-0.25, -0.2) is 4.79 Å². The molecule has 3 rings (SSSR count). The van der Waals surface area contributed by atoms with Gasteiger partial charge in [-0.2, -0.15) is 0 Å². The van der Waals surface area contributed by atoms with Crippen LogP contribution in [0.2, 0.25) is 18.1 Å². The predicted octanol–water partition coefficient (Wildman–Crippen LogP) is 6.35. The van der Waals surface area contributed by atoms with Gasteiger partial charge >= 0.3 is 5.97 Å². The summed E-state index contributed by atoms with van der Waals surface area (Å²) in [6.07, 6.45) is 5.34.